The molecule has 0 saturated heterocycles. The van der Waals surface area contributed by atoms with Crippen molar-refractivity contribution in [2.75, 3.05) is 11.9 Å². The quantitative estimate of drug-likeness (QED) is 0.405. The number of H-pyrrole nitrogens is 1. The van der Waals surface area contributed by atoms with Crippen LogP contribution in [-0.2, 0) is 6.42 Å². The summed E-state index contributed by atoms with van der Waals surface area (Å²) in [5.74, 6) is 0.820. The van der Waals surface area contributed by atoms with Crippen LogP contribution in [0.15, 0.2) is 66.2 Å². The van der Waals surface area contributed by atoms with Crippen molar-refractivity contribution in [2.45, 2.75) is 23.4 Å². The van der Waals surface area contributed by atoms with Crippen LogP contribution in [0, 0.1) is 0 Å². The van der Waals surface area contributed by atoms with Crippen molar-refractivity contribution in [1.29, 1.82) is 0 Å². The summed E-state index contributed by atoms with van der Waals surface area (Å²) in [6, 6.07) is 8.10. The van der Waals surface area contributed by atoms with Crippen LogP contribution < -0.4 is 5.32 Å². The number of rotatable bonds is 5. The van der Waals surface area contributed by atoms with Gasteiger partial charge in [-0.1, -0.05) is 40.3 Å². The first kappa shape index (κ1) is 18.2. The molecule has 3 heterocycles. The van der Waals surface area contributed by atoms with Crippen LogP contribution in [0.3, 0.4) is 0 Å². The number of halogens is 2. The normalized spacial score (nSPS) is 19.7. The predicted molar refractivity (Wildman–Crippen MR) is 116 cm³/mol. The minimum absolute atomic E-state index is 0.0922. The van der Waals surface area contributed by atoms with Gasteiger partial charge in [-0.25, -0.2) is 14.4 Å². The van der Waals surface area contributed by atoms with Gasteiger partial charge in [0.15, 0.2) is 0 Å². The smallest absolute Gasteiger partial charge is 0.137 e. The average molecular weight is 474 g/mol. The van der Waals surface area contributed by atoms with Crippen molar-refractivity contribution in [2.24, 2.45) is 0 Å². The monoisotopic (exact) mass is 474 g/mol. The molecule has 3 aromatic rings. The molecule has 0 spiro atoms. The molecular weight excluding hydrogens is 454 g/mol. The van der Waals surface area contributed by atoms with Crippen LogP contribution in [0.2, 0.25) is 0 Å². The van der Waals surface area contributed by atoms with E-state index in [4.69, 9.17) is 0 Å². The minimum Gasteiger partial charge on any atom is -0.366 e. The Morgan fingerprint density at radius 3 is 2.96 bits per heavy atom. The first-order valence-electron chi connectivity index (χ1n) is 8.87. The van der Waals surface area contributed by atoms with Gasteiger partial charge in [0.2, 0.25) is 0 Å². The van der Waals surface area contributed by atoms with Crippen LogP contribution in [0.25, 0.3) is 11.0 Å². The lowest BCUT2D eigenvalue weighted by Crippen LogP contribution is -2.21. The number of pyridine rings is 2. The van der Waals surface area contributed by atoms with E-state index in [0.29, 0.717) is 6.54 Å². The molecule has 6 heteroatoms. The first-order valence-corrected chi connectivity index (χ1v) is 10.1. The lowest BCUT2D eigenvalue weighted by molar-refractivity contribution is 0.407. The zero-order chi connectivity index (χ0) is 18.8. The average Bonchev–Trinajstić information content (AvgIpc) is 3.10. The van der Waals surface area contributed by atoms with E-state index in [2.05, 4.69) is 55.0 Å². The van der Waals surface area contributed by atoms with E-state index in [0.717, 1.165) is 40.0 Å². The van der Waals surface area contributed by atoms with Crippen molar-refractivity contribution >= 4 is 39.4 Å². The maximum Gasteiger partial charge on any atom is 0.137 e. The molecule has 27 heavy (non-hydrogen) atoms. The van der Waals surface area contributed by atoms with E-state index < -0.39 is 6.17 Å². The molecule has 0 fully saturated rings. The Labute approximate surface area is 171 Å². The maximum absolute atomic E-state index is 13.7. The van der Waals surface area contributed by atoms with Crippen molar-refractivity contribution < 1.29 is 4.39 Å². The van der Waals surface area contributed by atoms with Gasteiger partial charge in [-0.05, 0) is 47.9 Å². The zero-order valence-electron chi connectivity index (χ0n) is 14.9. The lowest BCUT2D eigenvalue weighted by atomic mass is 9.98. The molecule has 2 N–H and O–H groups in total. The maximum atomic E-state index is 13.7. The molecule has 0 amide bonds. The number of nitrogens with one attached hydrogen (secondary N) is 2. The number of fused-ring (bicyclic) bond motifs is 1. The fraction of sp³-hybridized carbons (Fsp3) is 0.238. The van der Waals surface area contributed by atoms with Crippen molar-refractivity contribution in [1.82, 2.24) is 15.0 Å². The van der Waals surface area contributed by atoms with Gasteiger partial charge in [-0.3, -0.25) is 0 Å². The molecular formula is C21H20FIN4. The Hall–Kier alpha value is -2.22. The predicted octanol–water partition coefficient (Wildman–Crippen LogP) is 4.99. The van der Waals surface area contributed by atoms with Crippen LogP contribution in [-0.4, -0.2) is 31.6 Å². The second-order valence-corrected chi connectivity index (χ2v) is 8.05. The van der Waals surface area contributed by atoms with Gasteiger partial charge < -0.3 is 10.3 Å². The van der Waals surface area contributed by atoms with E-state index in [-0.39, 0.29) is 3.92 Å². The van der Waals surface area contributed by atoms with Crippen LogP contribution in [0.4, 0.5) is 10.2 Å². The SMILES string of the molecule is CC1=C(CNc2ccc(Cc3c[nH]c4ncccc34)cn2)C=CC(F)C1I. The van der Waals surface area contributed by atoms with Gasteiger partial charge in [0.25, 0.3) is 0 Å². The summed E-state index contributed by atoms with van der Waals surface area (Å²) in [5, 5.41) is 4.48. The Balaban J connectivity index is 1.41. The third-order valence-electron chi connectivity index (χ3n) is 4.90. The minimum atomic E-state index is -0.897. The van der Waals surface area contributed by atoms with Crippen LogP contribution in [0.1, 0.15) is 18.1 Å². The van der Waals surface area contributed by atoms with E-state index in [1.807, 2.05) is 37.5 Å². The number of hydrogen-bond acceptors (Lipinski definition) is 3. The topological polar surface area (TPSA) is 53.6 Å². The van der Waals surface area contributed by atoms with E-state index in [9.17, 15) is 4.39 Å². The number of alkyl halides is 2. The summed E-state index contributed by atoms with van der Waals surface area (Å²) in [6.45, 7) is 2.64. The standard InChI is InChI=1S/C21H20FIN4/c1-13-15(5-6-18(22)20(13)23)11-26-19-7-4-14(10-25-19)9-16-12-27-21-17(16)3-2-8-24-21/h2-8,10,12,18,20H,9,11H2,1H3,(H,24,27)(H,25,26). The summed E-state index contributed by atoms with van der Waals surface area (Å²) in [5.41, 5.74) is 5.48. The summed E-state index contributed by atoms with van der Waals surface area (Å²) < 4.78 is 13.6. The number of nitrogens with zero attached hydrogens (tertiary/aromatic N) is 2. The third kappa shape index (κ3) is 3.90. The van der Waals surface area contributed by atoms with Gasteiger partial charge in [-0.2, -0.15) is 0 Å². The van der Waals surface area contributed by atoms with Gasteiger partial charge in [0, 0.05) is 36.9 Å². The lowest BCUT2D eigenvalue weighted by Gasteiger charge is -2.21. The number of aromatic nitrogens is 3. The molecule has 3 aromatic heterocycles. The molecule has 0 saturated carbocycles. The van der Waals surface area contributed by atoms with Crippen molar-refractivity contribution in [3.63, 3.8) is 0 Å². The molecule has 2 atom stereocenters. The van der Waals surface area contributed by atoms with Crippen LogP contribution >= 0.6 is 22.6 Å². The Morgan fingerprint density at radius 1 is 1.26 bits per heavy atom. The van der Waals surface area contributed by atoms with Gasteiger partial charge in [-0.15, -0.1) is 0 Å². The number of hydrogen-bond donors (Lipinski definition) is 2. The number of aromatic amines is 1. The molecule has 1 aliphatic rings. The Kier molecular flexibility index (Phi) is 5.24. The third-order valence-corrected chi connectivity index (χ3v) is 6.52. The zero-order valence-corrected chi connectivity index (χ0v) is 17.1. The van der Waals surface area contributed by atoms with E-state index >= 15 is 0 Å². The largest absolute Gasteiger partial charge is 0.366 e. The molecule has 4 nitrogen and oxygen atoms in total. The molecule has 0 aromatic carbocycles. The fourth-order valence-electron chi connectivity index (χ4n) is 3.25. The molecule has 2 unspecified atom stereocenters. The fourth-order valence-corrected chi connectivity index (χ4v) is 3.89. The summed E-state index contributed by atoms with van der Waals surface area (Å²) in [4.78, 5) is 12.1. The molecule has 4 rings (SSSR count). The highest BCUT2D eigenvalue weighted by Gasteiger charge is 2.22. The highest BCUT2D eigenvalue weighted by Crippen LogP contribution is 2.28. The summed E-state index contributed by atoms with van der Waals surface area (Å²) >= 11 is 2.16. The molecule has 0 bridgehead atoms. The van der Waals surface area contributed by atoms with Crippen molar-refractivity contribution in [3.8, 4) is 0 Å². The highest BCUT2D eigenvalue weighted by molar-refractivity contribution is 14.1. The molecule has 138 valence electrons. The number of allylic oxidation sites excluding steroid dienone is 2. The number of anilines is 1. The van der Waals surface area contributed by atoms with Crippen LogP contribution in [0.5, 0.6) is 0 Å². The Bertz CT molecular complexity index is 1010. The summed E-state index contributed by atoms with van der Waals surface area (Å²) in [6.07, 6.45) is 9.11. The second-order valence-electron chi connectivity index (χ2n) is 6.71. The van der Waals surface area contributed by atoms with Gasteiger partial charge >= 0.3 is 0 Å². The van der Waals surface area contributed by atoms with E-state index in [1.54, 1.807) is 12.3 Å². The molecule has 1 aliphatic carbocycles. The molecule has 0 aliphatic heterocycles. The molecule has 0 radical (unpaired) electrons. The highest BCUT2D eigenvalue weighted by atomic mass is 127. The van der Waals surface area contributed by atoms with Gasteiger partial charge in [0.1, 0.15) is 17.6 Å². The Morgan fingerprint density at radius 2 is 2.15 bits per heavy atom. The van der Waals surface area contributed by atoms with Crippen molar-refractivity contribution in [3.05, 3.63) is 77.3 Å². The van der Waals surface area contributed by atoms with Gasteiger partial charge in [0.05, 0.1) is 3.92 Å². The summed E-state index contributed by atoms with van der Waals surface area (Å²) in [7, 11) is 0. The second kappa shape index (κ2) is 7.80. The first-order chi connectivity index (χ1) is 13.1. The van der Waals surface area contributed by atoms with E-state index in [1.165, 1.54) is 5.56 Å².